The molecule has 0 saturated carbocycles. The van der Waals surface area contributed by atoms with E-state index in [4.69, 9.17) is 9.84 Å². The third kappa shape index (κ3) is 2.23. The van der Waals surface area contributed by atoms with Gasteiger partial charge in [0.2, 0.25) is 0 Å². The van der Waals surface area contributed by atoms with Crippen molar-refractivity contribution in [2.45, 2.75) is 0 Å². The van der Waals surface area contributed by atoms with E-state index in [0.717, 1.165) is 28.0 Å². The van der Waals surface area contributed by atoms with Crippen molar-refractivity contribution >= 4 is 16.9 Å². The average molecular weight is 282 g/mol. The highest BCUT2D eigenvalue weighted by atomic mass is 16.5. The molecule has 2 heterocycles. The van der Waals surface area contributed by atoms with Gasteiger partial charge in [0.25, 0.3) is 0 Å². The number of aryl methyl sites for hydroxylation is 1. The number of pyridine rings is 1. The quantitative estimate of drug-likeness (QED) is 0.802. The third-order valence-electron chi connectivity index (χ3n) is 3.52. The molecule has 0 atom stereocenters. The first-order valence-electron chi connectivity index (χ1n) is 6.43. The van der Waals surface area contributed by atoms with Crippen LogP contribution in [0.1, 0.15) is 10.4 Å². The largest absolute Gasteiger partial charge is 0.497 e. The number of rotatable bonds is 3. The molecule has 2 aromatic heterocycles. The fraction of sp³-hybridized carbons (Fsp3) is 0.125. The van der Waals surface area contributed by atoms with Gasteiger partial charge < -0.3 is 14.4 Å². The lowest BCUT2D eigenvalue weighted by atomic mass is 10.2. The van der Waals surface area contributed by atoms with Gasteiger partial charge in [0, 0.05) is 24.1 Å². The predicted molar refractivity (Wildman–Crippen MR) is 79.7 cm³/mol. The number of hydrogen-bond donors (Lipinski definition) is 1. The normalized spacial score (nSPS) is 10.8. The van der Waals surface area contributed by atoms with Gasteiger partial charge in [-0.25, -0.2) is 4.79 Å². The summed E-state index contributed by atoms with van der Waals surface area (Å²) in [6, 6.07) is 11.2. The predicted octanol–water partition coefficient (Wildman–Crippen LogP) is 2.95. The van der Waals surface area contributed by atoms with E-state index >= 15 is 0 Å². The number of methoxy groups -OCH3 is 1. The van der Waals surface area contributed by atoms with Gasteiger partial charge in [-0.1, -0.05) is 0 Å². The summed E-state index contributed by atoms with van der Waals surface area (Å²) in [5, 5.41) is 9.97. The summed E-state index contributed by atoms with van der Waals surface area (Å²) >= 11 is 0. The topological polar surface area (TPSA) is 64.3 Å². The first-order valence-corrected chi connectivity index (χ1v) is 6.43. The monoisotopic (exact) mass is 282 g/mol. The van der Waals surface area contributed by atoms with Gasteiger partial charge in [0.15, 0.2) is 0 Å². The number of carboxylic acids is 1. The summed E-state index contributed by atoms with van der Waals surface area (Å²) < 4.78 is 7.25. The number of nitrogens with zero attached hydrogens (tertiary/aromatic N) is 2. The van der Waals surface area contributed by atoms with Crippen LogP contribution >= 0.6 is 0 Å². The lowest BCUT2D eigenvalue weighted by molar-refractivity contribution is 0.0696. The maximum atomic E-state index is 10.9. The van der Waals surface area contributed by atoms with E-state index < -0.39 is 5.97 Å². The first-order chi connectivity index (χ1) is 10.1. The Morgan fingerprint density at radius 1 is 1.24 bits per heavy atom. The van der Waals surface area contributed by atoms with E-state index in [1.807, 2.05) is 35.9 Å². The van der Waals surface area contributed by atoms with Crippen LogP contribution in [-0.4, -0.2) is 27.7 Å². The molecule has 106 valence electrons. The lowest BCUT2D eigenvalue weighted by Crippen LogP contribution is -1.98. The Balaban J connectivity index is 2.11. The Hall–Kier alpha value is -2.82. The minimum atomic E-state index is -0.976. The molecule has 0 saturated heterocycles. The molecule has 0 fully saturated rings. The minimum Gasteiger partial charge on any atom is -0.497 e. The summed E-state index contributed by atoms with van der Waals surface area (Å²) in [6.07, 6.45) is 1.37. The average Bonchev–Trinajstić information content (AvgIpc) is 2.83. The zero-order valence-electron chi connectivity index (χ0n) is 11.7. The highest BCUT2D eigenvalue weighted by Crippen LogP contribution is 2.28. The second-order valence-corrected chi connectivity index (χ2v) is 4.75. The summed E-state index contributed by atoms with van der Waals surface area (Å²) in [6.45, 7) is 0. The van der Waals surface area contributed by atoms with Crippen molar-refractivity contribution in [2.24, 2.45) is 7.05 Å². The van der Waals surface area contributed by atoms with Crippen molar-refractivity contribution in [3.63, 3.8) is 0 Å². The highest BCUT2D eigenvalue weighted by Gasteiger charge is 2.11. The molecule has 21 heavy (non-hydrogen) atoms. The van der Waals surface area contributed by atoms with Crippen LogP contribution in [0.5, 0.6) is 5.75 Å². The highest BCUT2D eigenvalue weighted by molar-refractivity contribution is 5.89. The number of carbonyl (C=O) groups is 1. The van der Waals surface area contributed by atoms with E-state index in [0.29, 0.717) is 0 Å². The number of carboxylic acid groups (broad SMARTS) is 1. The summed E-state index contributed by atoms with van der Waals surface area (Å²) in [5.41, 5.74) is 2.90. The van der Waals surface area contributed by atoms with E-state index in [1.165, 1.54) is 6.20 Å². The Bertz CT molecular complexity index is 819. The standard InChI is InChI=1S/C16H14N2O3/c1-18-14-6-4-12(21-2)7-11(14)8-15(18)13-5-3-10(9-17-13)16(19)20/h3-9H,1-2H3,(H,19,20). The Labute approximate surface area is 121 Å². The van der Waals surface area contributed by atoms with Crippen LogP contribution in [-0.2, 0) is 7.05 Å². The molecule has 0 amide bonds. The molecule has 1 N–H and O–H groups in total. The molecule has 0 radical (unpaired) electrons. The molecule has 5 nitrogen and oxygen atoms in total. The zero-order chi connectivity index (χ0) is 15.0. The number of hydrogen-bond acceptors (Lipinski definition) is 3. The number of ether oxygens (including phenoxy) is 1. The van der Waals surface area contributed by atoms with Gasteiger partial charge in [-0.2, -0.15) is 0 Å². The fourth-order valence-electron chi connectivity index (χ4n) is 2.37. The molecule has 0 aliphatic rings. The van der Waals surface area contributed by atoms with E-state index in [1.54, 1.807) is 19.2 Å². The third-order valence-corrected chi connectivity index (χ3v) is 3.52. The van der Waals surface area contributed by atoms with Crippen molar-refractivity contribution in [1.29, 1.82) is 0 Å². The Morgan fingerprint density at radius 3 is 2.67 bits per heavy atom. The molecule has 0 bridgehead atoms. The second-order valence-electron chi connectivity index (χ2n) is 4.75. The molecule has 3 rings (SSSR count). The van der Waals surface area contributed by atoms with Crippen molar-refractivity contribution in [3.8, 4) is 17.1 Å². The van der Waals surface area contributed by atoms with Crippen molar-refractivity contribution in [3.05, 3.63) is 48.2 Å². The molecular weight excluding hydrogens is 268 g/mol. The first kappa shape index (κ1) is 13.2. The van der Waals surface area contributed by atoms with E-state index in [2.05, 4.69) is 4.98 Å². The summed E-state index contributed by atoms with van der Waals surface area (Å²) in [5.74, 6) is -0.176. The van der Waals surface area contributed by atoms with Crippen LogP contribution < -0.4 is 4.74 Å². The molecule has 0 aliphatic carbocycles. The molecular formula is C16H14N2O3. The maximum Gasteiger partial charge on any atom is 0.337 e. The van der Waals surface area contributed by atoms with Crippen molar-refractivity contribution in [2.75, 3.05) is 7.11 Å². The van der Waals surface area contributed by atoms with Gasteiger partial charge in [0.1, 0.15) is 5.75 Å². The summed E-state index contributed by atoms with van der Waals surface area (Å²) in [7, 11) is 3.59. The van der Waals surface area contributed by atoms with Crippen LogP contribution in [0.25, 0.3) is 22.3 Å². The van der Waals surface area contributed by atoms with E-state index in [-0.39, 0.29) is 5.56 Å². The Kier molecular flexibility index (Phi) is 3.10. The van der Waals surface area contributed by atoms with Gasteiger partial charge in [0.05, 0.1) is 24.1 Å². The number of aromatic carboxylic acids is 1. The van der Waals surface area contributed by atoms with Crippen LogP contribution in [0.3, 0.4) is 0 Å². The Morgan fingerprint density at radius 2 is 2.05 bits per heavy atom. The van der Waals surface area contributed by atoms with Crippen LogP contribution in [0.2, 0.25) is 0 Å². The van der Waals surface area contributed by atoms with E-state index in [9.17, 15) is 4.79 Å². The second kappa shape index (κ2) is 4.94. The summed E-state index contributed by atoms with van der Waals surface area (Å²) in [4.78, 5) is 15.1. The molecule has 0 unspecified atom stereocenters. The van der Waals surface area contributed by atoms with Crippen molar-refractivity contribution in [1.82, 2.24) is 9.55 Å². The van der Waals surface area contributed by atoms with Gasteiger partial charge in [-0.3, -0.25) is 4.98 Å². The van der Waals surface area contributed by atoms with Gasteiger partial charge >= 0.3 is 5.97 Å². The number of fused-ring (bicyclic) bond motifs is 1. The van der Waals surface area contributed by atoms with Crippen LogP contribution in [0, 0.1) is 0 Å². The molecule has 0 aliphatic heterocycles. The van der Waals surface area contributed by atoms with Gasteiger partial charge in [-0.05, 0) is 36.4 Å². The lowest BCUT2D eigenvalue weighted by Gasteiger charge is -2.04. The zero-order valence-corrected chi connectivity index (χ0v) is 11.7. The van der Waals surface area contributed by atoms with Crippen molar-refractivity contribution < 1.29 is 14.6 Å². The molecule has 1 aromatic carbocycles. The van der Waals surface area contributed by atoms with Gasteiger partial charge in [-0.15, -0.1) is 0 Å². The smallest absolute Gasteiger partial charge is 0.337 e. The van der Waals surface area contributed by atoms with Crippen LogP contribution in [0.15, 0.2) is 42.6 Å². The maximum absolute atomic E-state index is 10.9. The van der Waals surface area contributed by atoms with Crippen LogP contribution in [0.4, 0.5) is 0 Å². The fourth-order valence-corrected chi connectivity index (χ4v) is 2.37. The SMILES string of the molecule is COc1ccc2c(c1)cc(-c1ccc(C(=O)O)cn1)n2C. The number of aromatic nitrogens is 2. The molecule has 0 spiro atoms. The number of benzene rings is 1. The minimum absolute atomic E-state index is 0.180. The molecule has 5 heteroatoms. The molecule has 3 aromatic rings.